The van der Waals surface area contributed by atoms with Crippen molar-refractivity contribution in [1.82, 2.24) is 4.98 Å². The van der Waals surface area contributed by atoms with Crippen LogP contribution in [-0.2, 0) is 10.0 Å². The molecule has 0 unspecified atom stereocenters. The number of sulfonamides is 1. The lowest BCUT2D eigenvalue weighted by molar-refractivity contribution is 0.0987. The number of thiazole rings is 1. The third-order valence-corrected chi connectivity index (χ3v) is 9.65. The lowest BCUT2D eigenvalue weighted by Crippen LogP contribution is -2.31. The maximum Gasteiger partial charge on any atom is 0.280 e. The van der Waals surface area contributed by atoms with Crippen LogP contribution in [0.1, 0.15) is 29.8 Å². The predicted molar refractivity (Wildman–Crippen MR) is 172 cm³/mol. The molecule has 214 valence electrons. The Hall–Kier alpha value is -4.06. The van der Waals surface area contributed by atoms with Crippen molar-refractivity contribution >= 4 is 70.4 Å². The fourth-order valence-corrected chi connectivity index (χ4v) is 7.16. The third kappa shape index (κ3) is 6.38. The zero-order valence-corrected chi connectivity index (χ0v) is 26.1. The predicted octanol–water partition coefficient (Wildman–Crippen LogP) is 7.35. The van der Waals surface area contributed by atoms with E-state index < -0.39 is 15.9 Å². The first-order chi connectivity index (χ1) is 20.3. The van der Waals surface area contributed by atoms with Crippen LogP contribution in [0.15, 0.2) is 112 Å². The largest absolute Gasteiger partial charge is 0.494 e. The molecular weight excluding hydrogens is 636 g/mol. The Morgan fingerprint density at radius 3 is 2.36 bits per heavy atom. The van der Waals surface area contributed by atoms with Gasteiger partial charge in [-0.25, -0.2) is 13.4 Å². The fraction of sp³-hybridized carbons (Fsp3) is 0.129. The molecule has 0 aliphatic carbocycles. The van der Waals surface area contributed by atoms with Crippen molar-refractivity contribution in [3.05, 3.63) is 113 Å². The van der Waals surface area contributed by atoms with Crippen LogP contribution in [0.3, 0.4) is 0 Å². The second-order valence-corrected chi connectivity index (χ2v) is 12.8. The van der Waals surface area contributed by atoms with E-state index in [0.29, 0.717) is 17.4 Å². The maximum absolute atomic E-state index is 13.8. The molecule has 0 spiro atoms. The summed E-state index contributed by atoms with van der Waals surface area (Å²) in [5.74, 6) is 0.290. The van der Waals surface area contributed by atoms with Gasteiger partial charge in [0.05, 0.1) is 33.6 Å². The molecule has 1 heterocycles. The Labute approximate surface area is 257 Å². The highest BCUT2D eigenvalue weighted by Gasteiger charge is 2.25. The summed E-state index contributed by atoms with van der Waals surface area (Å²) in [5.41, 5.74) is 2.33. The highest BCUT2D eigenvalue weighted by molar-refractivity contribution is 9.10. The number of halogens is 1. The monoisotopic (exact) mass is 662 g/mol. The average molecular weight is 664 g/mol. The van der Waals surface area contributed by atoms with Crippen molar-refractivity contribution in [2.45, 2.75) is 18.7 Å². The van der Waals surface area contributed by atoms with E-state index in [9.17, 15) is 13.2 Å². The second-order valence-electron chi connectivity index (χ2n) is 9.00. The van der Waals surface area contributed by atoms with Gasteiger partial charge in [0, 0.05) is 16.6 Å². The van der Waals surface area contributed by atoms with Crippen LogP contribution in [0.2, 0.25) is 0 Å². The van der Waals surface area contributed by atoms with E-state index in [0.717, 1.165) is 26.0 Å². The average Bonchev–Trinajstić information content (AvgIpc) is 3.42. The van der Waals surface area contributed by atoms with Gasteiger partial charge in [-0.3, -0.25) is 9.10 Å². The lowest BCUT2D eigenvalue weighted by atomic mass is 10.2. The number of aromatic nitrogens is 1. The summed E-state index contributed by atoms with van der Waals surface area (Å²) < 4.78 is 35.5. The number of para-hydroxylation sites is 1. The number of nitrogens with zero attached hydrogens (tertiary/aromatic N) is 4. The molecule has 1 aromatic heterocycles. The van der Waals surface area contributed by atoms with E-state index in [1.807, 2.05) is 55.5 Å². The molecule has 0 aliphatic rings. The molecule has 11 heteroatoms. The minimum absolute atomic E-state index is 0.0824. The summed E-state index contributed by atoms with van der Waals surface area (Å²) in [5, 5.41) is 6.13. The minimum atomic E-state index is -3.84. The van der Waals surface area contributed by atoms with Gasteiger partial charge in [0.2, 0.25) is 5.13 Å². The van der Waals surface area contributed by atoms with Crippen molar-refractivity contribution in [2.24, 2.45) is 5.10 Å². The van der Waals surface area contributed by atoms with Crippen LogP contribution >= 0.6 is 27.3 Å². The summed E-state index contributed by atoms with van der Waals surface area (Å²) in [6.07, 6.45) is 1.58. The van der Waals surface area contributed by atoms with E-state index >= 15 is 0 Å². The molecule has 4 aromatic carbocycles. The van der Waals surface area contributed by atoms with E-state index in [4.69, 9.17) is 4.74 Å². The topological polar surface area (TPSA) is 92.2 Å². The lowest BCUT2D eigenvalue weighted by Gasteiger charge is -2.23. The van der Waals surface area contributed by atoms with Crippen molar-refractivity contribution in [1.29, 1.82) is 0 Å². The van der Waals surface area contributed by atoms with Crippen LogP contribution in [0, 0.1) is 0 Å². The van der Waals surface area contributed by atoms with Crippen molar-refractivity contribution in [3.63, 3.8) is 0 Å². The fourth-order valence-electron chi connectivity index (χ4n) is 4.21. The molecule has 0 saturated carbocycles. The van der Waals surface area contributed by atoms with Crippen molar-refractivity contribution < 1.29 is 17.9 Å². The zero-order chi connectivity index (χ0) is 29.7. The van der Waals surface area contributed by atoms with Gasteiger partial charge in [0.25, 0.3) is 15.9 Å². The van der Waals surface area contributed by atoms with Gasteiger partial charge in [-0.15, -0.1) is 0 Å². The number of ether oxygens (including phenoxy) is 1. The SMILES string of the molecule is CCOc1ccc(/C=N/N(C(=O)c2ccc(S(=O)(=O)N(CC)c3ccccc3)cc2)c2nc3ccc(Br)cc3s2)cc1. The summed E-state index contributed by atoms with van der Waals surface area (Å²) in [6, 6.07) is 27.8. The molecule has 0 N–H and O–H groups in total. The first kappa shape index (κ1) is 29.4. The standard InChI is InChI=1S/C31H27BrN4O4S2/c1-3-35(25-8-6-5-7-9-25)42(38,39)27-17-12-23(13-18-27)30(37)36(31-34-28-19-14-24(32)20-29(28)41-31)33-21-22-10-15-26(16-11-22)40-4-2/h5-21H,3-4H2,1-2H3/b33-21+. The van der Waals surface area contributed by atoms with Gasteiger partial charge in [0.1, 0.15) is 5.75 Å². The van der Waals surface area contributed by atoms with E-state index in [2.05, 4.69) is 26.0 Å². The Kier molecular flexibility index (Phi) is 9.00. The quantitative estimate of drug-likeness (QED) is 0.115. The molecule has 42 heavy (non-hydrogen) atoms. The molecule has 0 radical (unpaired) electrons. The number of anilines is 2. The number of fused-ring (bicyclic) bond motifs is 1. The van der Waals surface area contributed by atoms with E-state index in [1.165, 1.54) is 44.9 Å². The minimum Gasteiger partial charge on any atom is -0.494 e. The summed E-state index contributed by atoms with van der Waals surface area (Å²) in [4.78, 5) is 18.5. The molecule has 0 bridgehead atoms. The number of hydrazone groups is 1. The summed E-state index contributed by atoms with van der Waals surface area (Å²) in [7, 11) is -3.84. The first-order valence-corrected chi connectivity index (χ1v) is 16.2. The van der Waals surface area contributed by atoms with Crippen molar-refractivity contribution in [2.75, 3.05) is 22.5 Å². The van der Waals surface area contributed by atoms with Crippen LogP contribution < -0.4 is 14.1 Å². The summed E-state index contributed by atoms with van der Waals surface area (Å²) >= 11 is 4.81. The zero-order valence-electron chi connectivity index (χ0n) is 22.8. The van der Waals surface area contributed by atoms with Gasteiger partial charge in [-0.2, -0.15) is 10.1 Å². The van der Waals surface area contributed by atoms with E-state index in [-0.39, 0.29) is 17.0 Å². The van der Waals surface area contributed by atoms with Gasteiger partial charge in [-0.1, -0.05) is 45.5 Å². The number of rotatable bonds is 10. The number of hydrogen-bond donors (Lipinski definition) is 0. The van der Waals surface area contributed by atoms with Crippen LogP contribution in [-0.4, -0.2) is 38.7 Å². The Bertz CT molecular complexity index is 1830. The van der Waals surface area contributed by atoms with Crippen LogP contribution in [0.5, 0.6) is 5.75 Å². The molecule has 0 fully saturated rings. The maximum atomic E-state index is 13.8. The number of amides is 1. The molecule has 0 saturated heterocycles. The van der Waals surface area contributed by atoms with E-state index in [1.54, 1.807) is 37.4 Å². The highest BCUT2D eigenvalue weighted by atomic mass is 79.9. The van der Waals surface area contributed by atoms with Crippen molar-refractivity contribution in [3.8, 4) is 5.75 Å². The number of carbonyl (C=O) groups is 1. The normalized spacial score (nSPS) is 11.6. The van der Waals surface area contributed by atoms with Crippen LogP contribution in [0.25, 0.3) is 10.2 Å². The summed E-state index contributed by atoms with van der Waals surface area (Å²) in [6.45, 7) is 4.51. The van der Waals surface area contributed by atoms with Crippen LogP contribution in [0.4, 0.5) is 10.8 Å². The molecular formula is C31H27BrN4O4S2. The van der Waals surface area contributed by atoms with Gasteiger partial charge < -0.3 is 4.74 Å². The molecule has 8 nitrogen and oxygen atoms in total. The molecule has 5 aromatic rings. The molecule has 1 amide bonds. The number of carbonyl (C=O) groups excluding carboxylic acids is 1. The smallest absolute Gasteiger partial charge is 0.280 e. The Morgan fingerprint density at radius 1 is 0.976 bits per heavy atom. The molecule has 5 rings (SSSR count). The Morgan fingerprint density at radius 2 is 1.69 bits per heavy atom. The number of hydrogen-bond acceptors (Lipinski definition) is 7. The second kappa shape index (κ2) is 12.8. The number of benzene rings is 4. The highest BCUT2D eigenvalue weighted by Crippen LogP contribution is 2.32. The third-order valence-electron chi connectivity index (χ3n) is 6.25. The first-order valence-electron chi connectivity index (χ1n) is 13.2. The molecule has 0 aliphatic heterocycles. The van der Waals surface area contributed by atoms with Gasteiger partial charge in [0.15, 0.2) is 0 Å². The van der Waals surface area contributed by atoms with Gasteiger partial charge >= 0.3 is 0 Å². The molecule has 0 atom stereocenters. The van der Waals surface area contributed by atoms with Gasteiger partial charge in [-0.05, 0) is 98.3 Å². The Balaban J connectivity index is 1.47.